The van der Waals surface area contributed by atoms with E-state index >= 15 is 0 Å². The highest BCUT2D eigenvalue weighted by Crippen LogP contribution is 2.46. The van der Waals surface area contributed by atoms with Gasteiger partial charge in [0.2, 0.25) is 0 Å². The van der Waals surface area contributed by atoms with Crippen LogP contribution < -0.4 is 0 Å². The standard InChI is InChI=1S/C13H8F5O/c14-12(15,13(16,17)18)11(19)10-7-3-5-8-4-1-2-6-9(8)10/h1-7,11H. The molecule has 0 aliphatic carbocycles. The van der Waals surface area contributed by atoms with Gasteiger partial charge in [-0.25, -0.2) is 5.11 Å². The predicted octanol–water partition coefficient (Wildman–Crippen LogP) is 4.51. The van der Waals surface area contributed by atoms with Gasteiger partial charge in [-0.05, 0) is 16.3 Å². The third kappa shape index (κ3) is 2.28. The van der Waals surface area contributed by atoms with Crippen molar-refractivity contribution in [3.05, 3.63) is 48.0 Å². The lowest BCUT2D eigenvalue weighted by Crippen LogP contribution is -2.41. The minimum Gasteiger partial charge on any atom is -0.221 e. The van der Waals surface area contributed by atoms with Crippen LogP contribution in [-0.2, 0) is 5.11 Å². The van der Waals surface area contributed by atoms with Gasteiger partial charge in [-0.1, -0.05) is 42.5 Å². The number of rotatable bonds is 2. The van der Waals surface area contributed by atoms with E-state index in [1.165, 1.54) is 30.3 Å². The molecule has 0 fully saturated rings. The molecule has 6 heteroatoms. The Morgan fingerprint density at radius 2 is 1.42 bits per heavy atom. The van der Waals surface area contributed by atoms with Gasteiger partial charge < -0.3 is 0 Å². The van der Waals surface area contributed by atoms with Crippen molar-refractivity contribution in [1.29, 1.82) is 0 Å². The van der Waals surface area contributed by atoms with Crippen LogP contribution in [0, 0.1) is 0 Å². The van der Waals surface area contributed by atoms with Crippen molar-refractivity contribution < 1.29 is 27.1 Å². The van der Waals surface area contributed by atoms with Gasteiger partial charge in [-0.3, -0.25) is 0 Å². The molecule has 1 nitrogen and oxygen atoms in total. The summed E-state index contributed by atoms with van der Waals surface area (Å²) in [7, 11) is 0. The fourth-order valence-electron chi connectivity index (χ4n) is 1.82. The molecule has 2 aromatic rings. The van der Waals surface area contributed by atoms with Crippen molar-refractivity contribution >= 4 is 10.8 Å². The molecule has 0 saturated heterocycles. The molecule has 1 radical (unpaired) electrons. The smallest absolute Gasteiger partial charge is 0.221 e. The molecule has 1 unspecified atom stereocenters. The zero-order valence-electron chi connectivity index (χ0n) is 9.42. The average molecular weight is 275 g/mol. The van der Waals surface area contributed by atoms with E-state index in [2.05, 4.69) is 0 Å². The van der Waals surface area contributed by atoms with Crippen molar-refractivity contribution in [2.45, 2.75) is 18.2 Å². The third-order valence-electron chi connectivity index (χ3n) is 2.81. The number of fused-ring (bicyclic) bond motifs is 1. The predicted molar refractivity (Wildman–Crippen MR) is 58.4 cm³/mol. The second-order valence-electron chi connectivity index (χ2n) is 4.07. The normalized spacial score (nSPS) is 14.6. The lowest BCUT2D eigenvalue weighted by Gasteiger charge is -2.24. The van der Waals surface area contributed by atoms with Crippen LogP contribution in [0.25, 0.3) is 10.8 Å². The summed E-state index contributed by atoms with van der Waals surface area (Å²) in [5, 5.41) is 12.1. The Balaban J connectivity index is 2.56. The summed E-state index contributed by atoms with van der Waals surface area (Å²) in [5.74, 6) is -5.31. The maximum absolute atomic E-state index is 13.1. The molecular formula is C13H8F5O. The molecule has 0 aliphatic rings. The van der Waals surface area contributed by atoms with E-state index in [4.69, 9.17) is 0 Å². The zero-order valence-corrected chi connectivity index (χ0v) is 9.42. The maximum Gasteiger partial charge on any atom is 0.456 e. The van der Waals surface area contributed by atoms with E-state index in [9.17, 15) is 27.1 Å². The molecule has 2 aromatic carbocycles. The van der Waals surface area contributed by atoms with Gasteiger partial charge in [0.05, 0.1) is 0 Å². The van der Waals surface area contributed by atoms with Gasteiger partial charge in [0.25, 0.3) is 0 Å². The highest BCUT2D eigenvalue weighted by Gasteiger charge is 2.63. The van der Waals surface area contributed by atoms with Crippen LogP contribution in [0.4, 0.5) is 22.0 Å². The first kappa shape index (κ1) is 13.7. The van der Waals surface area contributed by atoms with Gasteiger partial charge in [-0.15, -0.1) is 0 Å². The summed E-state index contributed by atoms with van der Waals surface area (Å²) in [6.45, 7) is 0. The zero-order chi connectivity index (χ0) is 14.3. The number of benzene rings is 2. The lowest BCUT2D eigenvalue weighted by atomic mass is 9.96. The number of halogens is 5. The van der Waals surface area contributed by atoms with E-state index in [0.29, 0.717) is 5.39 Å². The first-order valence-electron chi connectivity index (χ1n) is 5.33. The van der Waals surface area contributed by atoms with Crippen molar-refractivity contribution in [2.75, 3.05) is 0 Å². The largest absolute Gasteiger partial charge is 0.456 e. The minimum absolute atomic E-state index is 0.105. The summed E-state index contributed by atoms with van der Waals surface area (Å²) in [5.41, 5.74) is -0.555. The highest BCUT2D eigenvalue weighted by molar-refractivity contribution is 5.86. The Bertz CT molecular complexity index is 586. The van der Waals surface area contributed by atoms with E-state index in [0.717, 1.165) is 6.07 Å². The lowest BCUT2D eigenvalue weighted by molar-refractivity contribution is -0.322. The van der Waals surface area contributed by atoms with Gasteiger partial charge in [0.15, 0.2) is 6.10 Å². The SMILES string of the molecule is [O]C(c1cccc2ccccc12)C(F)(F)C(F)(F)F. The van der Waals surface area contributed by atoms with Gasteiger partial charge in [0, 0.05) is 0 Å². The first-order valence-corrected chi connectivity index (χ1v) is 5.33. The Morgan fingerprint density at radius 1 is 0.842 bits per heavy atom. The van der Waals surface area contributed by atoms with E-state index in [1.807, 2.05) is 0 Å². The Labute approximate surface area is 105 Å². The molecule has 0 N–H and O–H groups in total. The third-order valence-corrected chi connectivity index (χ3v) is 2.81. The van der Waals surface area contributed by atoms with E-state index in [-0.39, 0.29) is 5.39 Å². The molecule has 0 aliphatic heterocycles. The molecule has 0 heterocycles. The Hall–Kier alpha value is -1.69. The van der Waals surface area contributed by atoms with Gasteiger partial charge in [0.1, 0.15) is 0 Å². The summed E-state index contributed by atoms with van der Waals surface area (Å²) >= 11 is 0. The topological polar surface area (TPSA) is 19.9 Å². The van der Waals surface area contributed by atoms with Gasteiger partial charge >= 0.3 is 12.1 Å². The van der Waals surface area contributed by atoms with Crippen molar-refractivity contribution in [3.8, 4) is 0 Å². The second-order valence-corrected chi connectivity index (χ2v) is 4.07. The number of hydrogen-bond donors (Lipinski definition) is 0. The molecule has 19 heavy (non-hydrogen) atoms. The number of hydrogen-bond acceptors (Lipinski definition) is 0. The molecule has 1 atom stereocenters. The van der Waals surface area contributed by atoms with E-state index < -0.39 is 23.8 Å². The molecular weight excluding hydrogens is 267 g/mol. The quantitative estimate of drug-likeness (QED) is 0.719. The second kappa shape index (κ2) is 4.45. The monoisotopic (exact) mass is 275 g/mol. The van der Waals surface area contributed by atoms with Crippen LogP contribution in [0.5, 0.6) is 0 Å². The fourth-order valence-corrected chi connectivity index (χ4v) is 1.82. The Morgan fingerprint density at radius 3 is 2.05 bits per heavy atom. The maximum atomic E-state index is 13.1. The summed E-state index contributed by atoms with van der Waals surface area (Å²) in [6, 6.07) is 9.80. The molecule has 0 spiro atoms. The average Bonchev–Trinajstić information content (AvgIpc) is 2.36. The van der Waals surface area contributed by atoms with Crippen molar-refractivity contribution in [3.63, 3.8) is 0 Å². The van der Waals surface area contributed by atoms with Crippen molar-refractivity contribution in [2.24, 2.45) is 0 Å². The van der Waals surface area contributed by atoms with Crippen LogP contribution in [0.3, 0.4) is 0 Å². The minimum atomic E-state index is -5.86. The fraction of sp³-hybridized carbons (Fsp3) is 0.231. The molecule has 2 rings (SSSR count). The summed E-state index contributed by atoms with van der Waals surface area (Å²) in [4.78, 5) is 0. The molecule has 101 valence electrons. The van der Waals surface area contributed by atoms with Crippen LogP contribution >= 0.6 is 0 Å². The van der Waals surface area contributed by atoms with E-state index in [1.54, 1.807) is 6.07 Å². The summed E-state index contributed by atoms with van der Waals surface area (Å²) < 4.78 is 62.9. The molecule has 0 amide bonds. The van der Waals surface area contributed by atoms with Gasteiger partial charge in [-0.2, -0.15) is 22.0 Å². The highest BCUT2D eigenvalue weighted by atomic mass is 19.4. The first-order chi connectivity index (χ1) is 8.75. The number of alkyl halides is 5. The van der Waals surface area contributed by atoms with Crippen LogP contribution in [0.2, 0.25) is 0 Å². The molecule has 0 aromatic heterocycles. The molecule has 0 bridgehead atoms. The van der Waals surface area contributed by atoms with Crippen LogP contribution in [-0.4, -0.2) is 12.1 Å². The Kier molecular flexibility index (Phi) is 3.22. The van der Waals surface area contributed by atoms with Crippen LogP contribution in [0.1, 0.15) is 11.7 Å². The molecule has 0 saturated carbocycles. The van der Waals surface area contributed by atoms with Crippen molar-refractivity contribution in [1.82, 2.24) is 0 Å². The van der Waals surface area contributed by atoms with Crippen LogP contribution in [0.15, 0.2) is 42.5 Å². The summed E-state index contributed by atoms with van der Waals surface area (Å²) in [6.07, 6.45) is -9.05.